The van der Waals surface area contributed by atoms with Gasteiger partial charge in [-0.2, -0.15) is 0 Å². The highest BCUT2D eigenvalue weighted by Crippen LogP contribution is 2.26. The summed E-state index contributed by atoms with van der Waals surface area (Å²) in [5.41, 5.74) is 8.90. The molecule has 3 N–H and O–H groups in total. The molecule has 2 aromatic rings. The van der Waals surface area contributed by atoms with E-state index in [0.717, 1.165) is 22.9 Å². The molecule has 9 heteroatoms. The molecule has 0 fully saturated rings. The topological polar surface area (TPSA) is 112 Å². The van der Waals surface area contributed by atoms with Crippen LogP contribution in [0.2, 0.25) is 0 Å². The van der Waals surface area contributed by atoms with Crippen molar-refractivity contribution in [3.8, 4) is 0 Å². The van der Waals surface area contributed by atoms with E-state index < -0.39 is 6.04 Å². The second-order valence-electron chi connectivity index (χ2n) is 6.02. The summed E-state index contributed by atoms with van der Waals surface area (Å²) in [6.07, 6.45) is 0.492. The van der Waals surface area contributed by atoms with Crippen molar-refractivity contribution in [3.63, 3.8) is 0 Å². The Bertz CT molecular complexity index is 821. The van der Waals surface area contributed by atoms with Crippen LogP contribution >= 0.6 is 11.8 Å². The predicted octanol–water partition coefficient (Wildman–Crippen LogP) is 2.72. The number of amides is 1. The lowest BCUT2D eigenvalue weighted by atomic mass is 10.1. The van der Waals surface area contributed by atoms with Crippen LogP contribution in [-0.4, -0.2) is 39.0 Å². The number of nitrogens with one attached hydrogen (secondary N) is 1. The minimum Gasteiger partial charge on any atom is -0.465 e. The molecule has 146 valence electrons. The van der Waals surface area contributed by atoms with Crippen LogP contribution in [0.3, 0.4) is 0 Å². The Hall–Kier alpha value is -2.55. The van der Waals surface area contributed by atoms with E-state index in [1.54, 1.807) is 11.5 Å². The normalized spacial score (nSPS) is 11.9. The smallest absolute Gasteiger partial charge is 0.316 e. The van der Waals surface area contributed by atoms with Crippen molar-refractivity contribution in [2.45, 2.75) is 45.3 Å². The van der Waals surface area contributed by atoms with Gasteiger partial charge in [0, 0.05) is 5.69 Å². The van der Waals surface area contributed by atoms with E-state index in [9.17, 15) is 9.59 Å². The van der Waals surface area contributed by atoms with E-state index >= 15 is 0 Å². The number of rotatable bonds is 8. The van der Waals surface area contributed by atoms with Crippen LogP contribution in [0.15, 0.2) is 23.4 Å². The first kappa shape index (κ1) is 20.8. The van der Waals surface area contributed by atoms with Gasteiger partial charge in [-0.05, 0) is 50.5 Å². The number of nitrogens with two attached hydrogens (primary N) is 1. The van der Waals surface area contributed by atoms with Crippen LogP contribution in [-0.2, 0) is 14.3 Å². The third kappa shape index (κ3) is 5.22. The lowest BCUT2D eigenvalue weighted by Crippen LogP contribution is -2.27. The van der Waals surface area contributed by atoms with Crippen molar-refractivity contribution in [2.24, 2.45) is 0 Å². The molecule has 8 nitrogen and oxygen atoms in total. The van der Waals surface area contributed by atoms with E-state index in [-0.39, 0.29) is 23.6 Å². The molecule has 27 heavy (non-hydrogen) atoms. The zero-order chi connectivity index (χ0) is 20.0. The molecule has 1 aromatic carbocycles. The van der Waals surface area contributed by atoms with E-state index in [1.807, 2.05) is 39.0 Å². The van der Waals surface area contributed by atoms with Crippen molar-refractivity contribution in [1.82, 2.24) is 14.8 Å². The van der Waals surface area contributed by atoms with E-state index in [2.05, 4.69) is 15.5 Å². The molecule has 0 saturated heterocycles. The number of nitrogens with zero attached hydrogens (tertiary/aromatic N) is 3. The molecule has 1 atom stereocenters. The minimum atomic E-state index is -0.591. The van der Waals surface area contributed by atoms with Gasteiger partial charge in [0.1, 0.15) is 6.04 Å². The Morgan fingerprint density at radius 3 is 2.63 bits per heavy atom. The van der Waals surface area contributed by atoms with Gasteiger partial charge in [0.25, 0.3) is 0 Å². The van der Waals surface area contributed by atoms with Gasteiger partial charge in [-0.15, -0.1) is 10.2 Å². The average molecular weight is 391 g/mol. The highest BCUT2D eigenvalue weighted by atomic mass is 32.2. The zero-order valence-corrected chi connectivity index (χ0v) is 16.8. The number of ether oxygens (including phenoxy) is 1. The van der Waals surface area contributed by atoms with Crippen LogP contribution in [0.4, 0.5) is 11.6 Å². The van der Waals surface area contributed by atoms with Gasteiger partial charge in [-0.3, -0.25) is 14.2 Å². The van der Waals surface area contributed by atoms with Crippen LogP contribution < -0.4 is 11.1 Å². The van der Waals surface area contributed by atoms with Crippen molar-refractivity contribution < 1.29 is 14.3 Å². The Balaban J connectivity index is 2.18. The van der Waals surface area contributed by atoms with Crippen molar-refractivity contribution in [3.05, 3.63) is 29.3 Å². The van der Waals surface area contributed by atoms with E-state index in [1.165, 1.54) is 0 Å². The number of carbonyl (C=O) groups excluding carboxylic acids is 2. The second kappa shape index (κ2) is 9.40. The van der Waals surface area contributed by atoms with Crippen LogP contribution in [0.1, 0.15) is 37.4 Å². The number of hydrogen-bond donors (Lipinski definition) is 2. The Morgan fingerprint density at radius 1 is 1.26 bits per heavy atom. The lowest BCUT2D eigenvalue weighted by Gasteiger charge is -2.19. The minimum absolute atomic E-state index is 0.0706. The molecule has 0 aliphatic rings. The summed E-state index contributed by atoms with van der Waals surface area (Å²) in [6.45, 7) is 7.94. The van der Waals surface area contributed by atoms with E-state index in [0.29, 0.717) is 23.9 Å². The fraction of sp³-hybridized carbons (Fsp3) is 0.444. The Kier molecular flexibility index (Phi) is 7.23. The number of carbonyl (C=O) groups is 2. The monoisotopic (exact) mass is 391 g/mol. The summed E-state index contributed by atoms with van der Waals surface area (Å²) in [6, 6.07) is 5.15. The Labute approximate surface area is 162 Å². The van der Waals surface area contributed by atoms with Crippen molar-refractivity contribution in [2.75, 3.05) is 23.4 Å². The zero-order valence-electron chi connectivity index (χ0n) is 16.0. The molecule has 1 aromatic heterocycles. The van der Waals surface area contributed by atoms with Gasteiger partial charge >= 0.3 is 5.97 Å². The lowest BCUT2D eigenvalue weighted by molar-refractivity contribution is -0.139. The summed E-state index contributed by atoms with van der Waals surface area (Å²) in [4.78, 5) is 24.4. The van der Waals surface area contributed by atoms with Gasteiger partial charge in [0.15, 0.2) is 5.16 Å². The fourth-order valence-corrected chi connectivity index (χ4v) is 3.32. The number of hydrogen-bond acceptors (Lipinski definition) is 7. The highest BCUT2D eigenvalue weighted by molar-refractivity contribution is 7.99. The first-order chi connectivity index (χ1) is 12.9. The summed E-state index contributed by atoms with van der Waals surface area (Å²) in [5, 5.41) is 11.2. The molecule has 0 bridgehead atoms. The van der Waals surface area contributed by atoms with E-state index in [4.69, 9.17) is 10.5 Å². The fourth-order valence-electron chi connectivity index (χ4n) is 2.54. The second-order valence-corrected chi connectivity index (χ2v) is 6.96. The standard InChI is InChI=1S/C18H25N5O3S/c1-5-14(16(25)20-13-8-7-11(3)12(4)9-13)23-17(19)21-22-18(23)27-10-15(24)26-6-2/h7-9,14H,5-6,10H2,1-4H3,(H2,19,21)(H,20,25). The third-order valence-corrected chi connectivity index (χ3v) is 5.01. The number of nitrogen functional groups attached to an aromatic ring is 1. The molecular formula is C18H25N5O3S. The molecule has 1 heterocycles. The molecular weight excluding hydrogens is 366 g/mol. The Morgan fingerprint density at radius 2 is 2.00 bits per heavy atom. The van der Waals surface area contributed by atoms with Crippen LogP contribution in [0.5, 0.6) is 0 Å². The van der Waals surface area contributed by atoms with Crippen LogP contribution in [0.25, 0.3) is 0 Å². The number of aryl methyl sites for hydroxylation is 2. The summed E-state index contributed by atoms with van der Waals surface area (Å²) >= 11 is 1.14. The van der Waals surface area contributed by atoms with Crippen molar-refractivity contribution >= 4 is 35.3 Å². The van der Waals surface area contributed by atoms with Gasteiger partial charge in [0.05, 0.1) is 12.4 Å². The summed E-state index contributed by atoms with van der Waals surface area (Å²) in [5.74, 6) is -0.377. The number of aromatic nitrogens is 3. The van der Waals surface area contributed by atoms with Gasteiger partial charge < -0.3 is 15.8 Å². The molecule has 0 radical (unpaired) electrons. The molecule has 2 rings (SSSR count). The maximum Gasteiger partial charge on any atom is 0.316 e. The molecule has 0 aliphatic carbocycles. The molecule has 1 unspecified atom stereocenters. The highest BCUT2D eigenvalue weighted by Gasteiger charge is 2.25. The largest absolute Gasteiger partial charge is 0.465 e. The molecule has 0 saturated carbocycles. The maximum atomic E-state index is 12.8. The summed E-state index contributed by atoms with van der Waals surface area (Å²) < 4.78 is 6.47. The summed E-state index contributed by atoms with van der Waals surface area (Å²) in [7, 11) is 0. The molecule has 0 aliphatic heterocycles. The van der Waals surface area contributed by atoms with Gasteiger partial charge in [-0.1, -0.05) is 24.8 Å². The van der Waals surface area contributed by atoms with Gasteiger partial charge in [-0.25, -0.2) is 0 Å². The number of esters is 1. The first-order valence-electron chi connectivity index (χ1n) is 8.74. The van der Waals surface area contributed by atoms with Gasteiger partial charge in [0.2, 0.25) is 11.9 Å². The molecule has 0 spiro atoms. The molecule has 1 amide bonds. The number of thioether (sulfide) groups is 1. The SMILES string of the molecule is CCOC(=O)CSc1nnc(N)n1C(CC)C(=O)Nc1ccc(C)c(C)c1. The first-order valence-corrected chi connectivity index (χ1v) is 9.72. The predicted molar refractivity (Wildman–Crippen MR) is 106 cm³/mol. The van der Waals surface area contributed by atoms with Crippen LogP contribution in [0, 0.1) is 13.8 Å². The average Bonchev–Trinajstić information content (AvgIpc) is 2.98. The number of anilines is 2. The third-order valence-electron chi connectivity index (χ3n) is 4.09. The quantitative estimate of drug-likeness (QED) is 0.525. The van der Waals surface area contributed by atoms with Crippen molar-refractivity contribution in [1.29, 1.82) is 0 Å². The number of benzene rings is 1. The maximum absolute atomic E-state index is 12.8.